The number of hydrogen-bond acceptors (Lipinski definition) is 7. The van der Waals surface area contributed by atoms with Crippen LogP contribution in [-0.2, 0) is 11.3 Å². The Morgan fingerprint density at radius 3 is 2.43 bits per heavy atom. The Morgan fingerprint density at radius 2 is 1.70 bits per heavy atom. The average molecular weight is 531 g/mol. The van der Waals surface area contributed by atoms with Crippen molar-refractivity contribution in [1.29, 1.82) is 0 Å². The number of fused-ring (bicyclic) bond motifs is 2. The van der Waals surface area contributed by atoms with Crippen LogP contribution in [0.15, 0.2) is 71.5 Å². The van der Waals surface area contributed by atoms with Gasteiger partial charge in [-0.05, 0) is 42.0 Å². The number of thiazole rings is 1. The lowest BCUT2D eigenvalue weighted by Gasteiger charge is -2.17. The van der Waals surface area contributed by atoms with E-state index in [4.69, 9.17) is 21.1 Å². The van der Waals surface area contributed by atoms with Crippen LogP contribution < -0.4 is 24.5 Å². The number of amides is 1. The molecule has 6 rings (SSSR count). The van der Waals surface area contributed by atoms with Crippen LogP contribution in [0.5, 0.6) is 11.5 Å². The number of anilines is 1. The molecular formula is C27H19ClN4O4S. The molecule has 0 aliphatic carbocycles. The summed E-state index contributed by atoms with van der Waals surface area (Å²) in [5.74, 6) is 1.25. The molecule has 0 bridgehead atoms. The van der Waals surface area contributed by atoms with E-state index >= 15 is 0 Å². The van der Waals surface area contributed by atoms with Gasteiger partial charge in [0.05, 0.1) is 32.0 Å². The molecule has 2 aromatic heterocycles. The number of carbonyl (C=O) groups is 1. The first-order valence-electron chi connectivity index (χ1n) is 11.3. The molecule has 37 heavy (non-hydrogen) atoms. The fourth-order valence-corrected chi connectivity index (χ4v) is 5.54. The van der Waals surface area contributed by atoms with Gasteiger partial charge in [-0.3, -0.25) is 9.59 Å². The Hall–Kier alpha value is -4.21. The van der Waals surface area contributed by atoms with Gasteiger partial charge in [-0.1, -0.05) is 53.3 Å². The fourth-order valence-electron chi connectivity index (χ4n) is 4.41. The molecular weight excluding hydrogens is 512 g/mol. The summed E-state index contributed by atoms with van der Waals surface area (Å²) in [5, 5.41) is 5.06. The number of aromatic nitrogens is 3. The lowest BCUT2D eigenvalue weighted by atomic mass is 10.1. The van der Waals surface area contributed by atoms with E-state index in [1.54, 1.807) is 49.5 Å². The molecule has 3 heterocycles. The van der Waals surface area contributed by atoms with Crippen molar-refractivity contribution in [3.8, 4) is 22.9 Å². The Morgan fingerprint density at radius 1 is 0.946 bits per heavy atom. The molecule has 0 unspecified atom stereocenters. The number of nitrogens with zero attached hydrogens (tertiary/aromatic N) is 4. The summed E-state index contributed by atoms with van der Waals surface area (Å²) in [6, 6.07) is 20.1. The van der Waals surface area contributed by atoms with Gasteiger partial charge in [-0.15, -0.1) is 5.10 Å². The second-order valence-corrected chi connectivity index (χ2v) is 9.76. The first-order valence-corrected chi connectivity index (χ1v) is 12.5. The van der Waals surface area contributed by atoms with E-state index in [0.717, 1.165) is 22.6 Å². The molecule has 184 valence electrons. The molecule has 8 nitrogen and oxygen atoms in total. The number of carbonyl (C=O) groups excluding carboxylic acids is 1. The highest BCUT2D eigenvalue weighted by Crippen LogP contribution is 2.36. The van der Waals surface area contributed by atoms with E-state index < -0.39 is 0 Å². The van der Waals surface area contributed by atoms with Gasteiger partial charge in [0, 0.05) is 16.1 Å². The minimum Gasteiger partial charge on any atom is -0.493 e. The molecule has 1 aliphatic rings. The highest BCUT2D eigenvalue weighted by Gasteiger charge is 2.34. The second kappa shape index (κ2) is 9.02. The molecule has 1 amide bonds. The molecule has 1 aliphatic heterocycles. The lowest BCUT2D eigenvalue weighted by molar-refractivity contribution is -0.113. The van der Waals surface area contributed by atoms with Crippen molar-refractivity contribution >= 4 is 45.1 Å². The van der Waals surface area contributed by atoms with E-state index in [1.165, 1.54) is 4.52 Å². The van der Waals surface area contributed by atoms with Crippen LogP contribution in [0.1, 0.15) is 11.1 Å². The van der Waals surface area contributed by atoms with Crippen LogP contribution >= 0.6 is 22.9 Å². The Kier molecular flexibility index (Phi) is 5.66. The maximum absolute atomic E-state index is 13.7. The maximum Gasteiger partial charge on any atom is 0.291 e. The van der Waals surface area contributed by atoms with Gasteiger partial charge in [0.15, 0.2) is 17.3 Å². The van der Waals surface area contributed by atoms with Crippen LogP contribution in [0.25, 0.3) is 21.9 Å². The minimum absolute atomic E-state index is 0.238. The zero-order valence-corrected chi connectivity index (χ0v) is 21.3. The van der Waals surface area contributed by atoms with Crippen molar-refractivity contribution < 1.29 is 14.3 Å². The zero-order valence-electron chi connectivity index (χ0n) is 19.8. The molecule has 0 N–H and O–H groups in total. The highest BCUT2D eigenvalue weighted by atomic mass is 35.5. The van der Waals surface area contributed by atoms with E-state index in [2.05, 4.69) is 10.1 Å². The van der Waals surface area contributed by atoms with Crippen molar-refractivity contribution in [3.63, 3.8) is 0 Å². The van der Waals surface area contributed by atoms with Crippen molar-refractivity contribution in [2.45, 2.75) is 6.54 Å². The van der Waals surface area contributed by atoms with E-state index in [0.29, 0.717) is 55.1 Å². The van der Waals surface area contributed by atoms with E-state index in [-0.39, 0.29) is 11.5 Å². The molecule has 0 spiro atoms. The topological polar surface area (TPSA) is 86.0 Å². The predicted molar refractivity (Wildman–Crippen MR) is 142 cm³/mol. The normalized spacial score (nSPS) is 14.4. The largest absolute Gasteiger partial charge is 0.493 e. The van der Waals surface area contributed by atoms with Crippen LogP contribution in [0, 0.1) is 0 Å². The molecule has 5 aromatic rings. The third kappa shape index (κ3) is 3.83. The molecule has 0 saturated heterocycles. The summed E-state index contributed by atoms with van der Waals surface area (Å²) < 4.78 is 12.2. The molecule has 0 fully saturated rings. The molecule has 3 aromatic carbocycles. The van der Waals surface area contributed by atoms with Crippen LogP contribution in [0.3, 0.4) is 0 Å². The van der Waals surface area contributed by atoms with Crippen molar-refractivity contribution in [3.05, 3.63) is 97.8 Å². The second-order valence-electron chi connectivity index (χ2n) is 8.35. The third-order valence-electron chi connectivity index (χ3n) is 6.20. The van der Waals surface area contributed by atoms with Crippen LogP contribution in [0.4, 0.5) is 5.69 Å². The summed E-state index contributed by atoms with van der Waals surface area (Å²) in [5.41, 5.74) is 3.05. The number of ether oxygens (including phenoxy) is 2. The van der Waals surface area contributed by atoms with Crippen molar-refractivity contribution in [2.24, 2.45) is 0 Å². The van der Waals surface area contributed by atoms with Gasteiger partial charge in [-0.2, -0.15) is 9.50 Å². The number of hydrogen-bond donors (Lipinski definition) is 0. The molecule has 10 heteroatoms. The Bertz CT molecular complexity index is 1800. The van der Waals surface area contributed by atoms with Gasteiger partial charge >= 0.3 is 0 Å². The quantitative estimate of drug-likeness (QED) is 0.342. The first-order chi connectivity index (χ1) is 18.0. The molecule has 0 saturated carbocycles. The lowest BCUT2D eigenvalue weighted by Crippen LogP contribution is -2.32. The van der Waals surface area contributed by atoms with Crippen LogP contribution in [-0.4, -0.2) is 34.7 Å². The van der Waals surface area contributed by atoms with Gasteiger partial charge in [0.2, 0.25) is 4.96 Å². The smallest absolute Gasteiger partial charge is 0.291 e. The standard InChI is InChI=1S/C27H19ClN4O4S/c1-35-20-12-9-16(13-21(20)36-2)24-29-27-32(30-24)26(34)23(37-27)22-18-5-3-4-6-19(18)31(25(22)33)14-15-7-10-17(28)11-8-15/h3-13H,14H2,1-2H3. The number of halogens is 1. The Labute approximate surface area is 220 Å². The first kappa shape index (κ1) is 23.2. The van der Waals surface area contributed by atoms with Crippen molar-refractivity contribution in [2.75, 3.05) is 19.1 Å². The summed E-state index contributed by atoms with van der Waals surface area (Å²) in [6.45, 7) is 0.356. The Balaban J connectivity index is 1.45. The monoisotopic (exact) mass is 530 g/mol. The summed E-state index contributed by atoms with van der Waals surface area (Å²) in [7, 11) is 3.11. The van der Waals surface area contributed by atoms with Crippen molar-refractivity contribution in [1.82, 2.24) is 14.6 Å². The number of rotatable bonds is 5. The number of methoxy groups -OCH3 is 2. The summed E-state index contributed by atoms with van der Waals surface area (Å²) in [6.07, 6.45) is 0. The third-order valence-corrected chi connectivity index (χ3v) is 7.49. The average Bonchev–Trinajstić information content (AvgIpc) is 3.55. The zero-order chi connectivity index (χ0) is 25.7. The van der Waals surface area contributed by atoms with Gasteiger partial charge < -0.3 is 14.4 Å². The number of benzene rings is 3. The minimum atomic E-state index is -0.384. The highest BCUT2D eigenvalue weighted by molar-refractivity contribution is 7.15. The maximum atomic E-state index is 13.7. The predicted octanol–water partition coefficient (Wildman–Crippen LogP) is 3.95. The van der Waals surface area contributed by atoms with Gasteiger partial charge in [0.1, 0.15) is 4.53 Å². The van der Waals surface area contributed by atoms with Crippen LogP contribution in [0.2, 0.25) is 5.02 Å². The molecule has 0 atom stereocenters. The summed E-state index contributed by atoms with van der Waals surface area (Å²) >= 11 is 7.17. The summed E-state index contributed by atoms with van der Waals surface area (Å²) in [4.78, 5) is 33.8. The molecule has 0 radical (unpaired) electrons. The SMILES string of the molecule is COc1ccc(-c2nc3sc(=C4C(=O)N(Cc5ccc(Cl)cc5)c5ccccc54)c(=O)n3n2)cc1OC. The van der Waals surface area contributed by atoms with Gasteiger partial charge in [0.25, 0.3) is 11.5 Å². The number of para-hydroxylation sites is 1. The van der Waals surface area contributed by atoms with Gasteiger partial charge in [-0.25, -0.2) is 0 Å². The fraction of sp³-hybridized carbons (Fsp3) is 0.111. The van der Waals surface area contributed by atoms with E-state index in [9.17, 15) is 9.59 Å². The van der Waals surface area contributed by atoms with E-state index in [1.807, 2.05) is 36.4 Å².